The maximum Gasteiger partial charge on any atom is 0.262 e. The third-order valence-electron chi connectivity index (χ3n) is 2.60. The van der Waals surface area contributed by atoms with Crippen LogP contribution in [0, 0.1) is 25.2 Å². The molecule has 1 aromatic rings. The van der Waals surface area contributed by atoms with Crippen molar-refractivity contribution in [2.24, 2.45) is 0 Å². The summed E-state index contributed by atoms with van der Waals surface area (Å²) in [5.41, 5.74) is 2.13. The second-order valence-corrected chi connectivity index (χ2v) is 4.17. The molecule has 19 heavy (non-hydrogen) atoms. The van der Waals surface area contributed by atoms with Crippen LogP contribution in [-0.4, -0.2) is 17.6 Å². The number of carbonyl (C=O) groups is 1. The zero-order valence-corrected chi connectivity index (χ0v) is 11.0. The van der Waals surface area contributed by atoms with E-state index in [1.165, 1.54) is 6.08 Å². The molecule has 0 spiro atoms. The number of aromatic hydroxyl groups is 1. The Bertz CT molecular complexity index is 557. The van der Waals surface area contributed by atoms with Crippen molar-refractivity contribution in [3.8, 4) is 11.8 Å². The van der Waals surface area contributed by atoms with E-state index in [4.69, 9.17) is 5.26 Å². The molecule has 1 rings (SSSR count). The van der Waals surface area contributed by atoms with Gasteiger partial charge in [0.15, 0.2) is 0 Å². The third-order valence-corrected chi connectivity index (χ3v) is 2.60. The lowest BCUT2D eigenvalue weighted by Gasteiger charge is -2.05. The number of hydrogen-bond donors (Lipinski definition) is 2. The zero-order valence-electron chi connectivity index (χ0n) is 11.0. The lowest BCUT2D eigenvalue weighted by molar-refractivity contribution is -0.116. The predicted molar refractivity (Wildman–Crippen MR) is 74.4 cm³/mol. The van der Waals surface area contributed by atoms with E-state index in [1.54, 1.807) is 32.1 Å². The summed E-state index contributed by atoms with van der Waals surface area (Å²) in [6, 6.07) is 5.31. The Balaban J connectivity index is 3.08. The molecule has 0 saturated heterocycles. The lowest BCUT2D eigenvalue weighted by Crippen LogP contribution is -2.24. The van der Waals surface area contributed by atoms with E-state index in [9.17, 15) is 9.90 Å². The summed E-state index contributed by atoms with van der Waals surface area (Å²) in [7, 11) is 0. The molecule has 0 radical (unpaired) electrons. The van der Waals surface area contributed by atoms with E-state index in [0.717, 1.165) is 0 Å². The topological polar surface area (TPSA) is 73.1 Å². The number of benzene rings is 1. The van der Waals surface area contributed by atoms with Crippen LogP contribution in [0.3, 0.4) is 0 Å². The summed E-state index contributed by atoms with van der Waals surface area (Å²) in [6.07, 6.45) is 3.04. The summed E-state index contributed by atoms with van der Waals surface area (Å²) < 4.78 is 0. The average molecular weight is 256 g/mol. The molecule has 98 valence electrons. The molecule has 0 atom stereocenters. The first-order chi connectivity index (χ1) is 8.99. The van der Waals surface area contributed by atoms with Gasteiger partial charge in [-0.2, -0.15) is 5.26 Å². The Hall–Kier alpha value is -2.54. The maximum atomic E-state index is 11.7. The number of hydrogen-bond acceptors (Lipinski definition) is 3. The maximum absolute atomic E-state index is 11.7. The number of rotatable bonds is 4. The van der Waals surface area contributed by atoms with Crippen molar-refractivity contribution >= 4 is 12.0 Å². The molecule has 0 heterocycles. The normalized spacial score (nSPS) is 10.7. The molecule has 2 N–H and O–H groups in total. The molecule has 0 saturated carbocycles. The van der Waals surface area contributed by atoms with Crippen molar-refractivity contribution in [3.05, 3.63) is 47.1 Å². The van der Waals surface area contributed by atoms with E-state index in [2.05, 4.69) is 11.9 Å². The standard InChI is InChI=1S/C15H16N2O2/c1-4-5-17-15(19)13(9-16)8-12-6-10(2)14(18)11(3)7-12/h4,6-8,18H,1,5H2,2-3H3,(H,17,19). The zero-order chi connectivity index (χ0) is 14.4. The van der Waals surface area contributed by atoms with Crippen LogP contribution >= 0.6 is 0 Å². The molecule has 0 aromatic heterocycles. The molecular formula is C15H16N2O2. The fourth-order valence-electron chi connectivity index (χ4n) is 1.65. The molecular weight excluding hydrogens is 240 g/mol. The number of aryl methyl sites for hydroxylation is 2. The first-order valence-corrected chi connectivity index (χ1v) is 5.80. The minimum absolute atomic E-state index is 0.0198. The number of nitriles is 1. The number of nitrogens with one attached hydrogen (secondary N) is 1. The van der Waals surface area contributed by atoms with Gasteiger partial charge in [0.05, 0.1) is 0 Å². The highest BCUT2D eigenvalue weighted by molar-refractivity contribution is 6.01. The fraction of sp³-hybridized carbons (Fsp3) is 0.200. The molecule has 1 aromatic carbocycles. The van der Waals surface area contributed by atoms with Crippen molar-refractivity contribution < 1.29 is 9.90 Å². The fourth-order valence-corrected chi connectivity index (χ4v) is 1.65. The molecule has 0 fully saturated rings. The van der Waals surface area contributed by atoms with Gasteiger partial charge in [0.25, 0.3) is 5.91 Å². The predicted octanol–water partition coefficient (Wildman–Crippen LogP) is 2.22. The van der Waals surface area contributed by atoms with Crippen molar-refractivity contribution in [3.63, 3.8) is 0 Å². The van der Waals surface area contributed by atoms with E-state index in [-0.39, 0.29) is 11.3 Å². The highest BCUT2D eigenvalue weighted by Gasteiger charge is 2.09. The first-order valence-electron chi connectivity index (χ1n) is 5.80. The van der Waals surface area contributed by atoms with Crippen LogP contribution < -0.4 is 5.32 Å². The number of phenols is 1. The lowest BCUT2D eigenvalue weighted by atomic mass is 10.0. The Morgan fingerprint density at radius 2 is 2.05 bits per heavy atom. The van der Waals surface area contributed by atoms with E-state index >= 15 is 0 Å². The van der Waals surface area contributed by atoms with Gasteiger partial charge in [-0.3, -0.25) is 4.79 Å². The summed E-state index contributed by atoms with van der Waals surface area (Å²) in [4.78, 5) is 11.7. The number of carbonyl (C=O) groups excluding carboxylic acids is 1. The SMILES string of the molecule is C=CCNC(=O)C(C#N)=Cc1cc(C)c(O)c(C)c1. The summed E-state index contributed by atoms with van der Waals surface area (Å²) in [5.74, 6) is -0.211. The second-order valence-electron chi connectivity index (χ2n) is 4.17. The van der Waals surface area contributed by atoms with Crippen LogP contribution in [0.2, 0.25) is 0 Å². The summed E-state index contributed by atoms with van der Waals surface area (Å²) >= 11 is 0. The van der Waals surface area contributed by atoms with Gasteiger partial charge in [-0.05, 0) is 48.7 Å². The third kappa shape index (κ3) is 3.71. The van der Waals surface area contributed by atoms with Crippen LogP contribution in [0.25, 0.3) is 6.08 Å². The average Bonchev–Trinajstić information content (AvgIpc) is 2.39. The van der Waals surface area contributed by atoms with Crippen molar-refractivity contribution in [2.45, 2.75) is 13.8 Å². The molecule has 4 nitrogen and oxygen atoms in total. The number of phenolic OH excluding ortho intramolecular Hbond substituents is 1. The van der Waals surface area contributed by atoms with Gasteiger partial charge in [0.1, 0.15) is 17.4 Å². The van der Waals surface area contributed by atoms with Crippen molar-refractivity contribution in [2.75, 3.05) is 6.54 Å². The molecule has 0 aliphatic heterocycles. The van der Waals surface area contributed by atoms with Crippen LogP contribution in [0.4, 0.5) is 0 Å². The Morgan fingerprint density at radius 3 is 2.53 bits per heavy atom. The summed E-state index contributed by atoms with van der Waals surface area (Å²) in [5, 5.41) is 21.2. The van der Waals surface area contributed by atoms with Crippen LogP contribution in [0.15, 0.2) is 30.4 Å². The van der Waals surface area contributed by atoms with Gasteiger partial charge in [0, 0.05) is 6.54 Å². The Kier molecular flexibility index (Phi) is 4.90. The Labute approximate surface area is 112 Å². The smallest absolute Gasteiger partial charge is 0.262 e. The molecule has 0 aliphatic rings. The summed E-state index contributed by atoms with van der Waals surface area (Å²) in [6.45, 7) is 7.34. The van der Waals surface area contributed by atoms with Crippen molar-refractivity contribution in [1.29, 1.82) is 5.26 Å². The van der Waals surface area contributed by atoms with Crippen LogP contribution in [0.1, 0.15) is 16.7 Å². The van der Waals surface area contributed by atoms with Gasteiger partial charge in [0.2, 0.25) is 0 Å². The number of amides is 1. The van der Waals surface area contributed by atoms with E-state index < -0.39 is 5.91 Å². The largest absolute Gasteiger partial charge is 0.507 e. The molecule has 0 bridgehead atoms. The van der Waals surface area contributed by atoms with Gasteiger partial charge in [-0.15, -0.1) is 6.58 Å². The van der Waals surface area contributed by atoms with Crippen LogP contribution in [-0.2, 0) is 4.79 Å². The highest BCUT2D eigenvalue weighted by atomic mass is 16.3. The van der Waals surface area contributed by atoms with Gasteiger partial charge < -0.3 is 10.4 Å². The van der Waals surface area contributed by atoms with E-state index in [1.807, 2.05) is 6.07 Å². The van der Waals surface area contributed by atoms with Gasteiger partial charge >= 0.3 is 0 Å². The second kappa shape index (κ2) is 6.41. The van der Waals surface area contributed by atoms with Crippen LogP contribution in [0.5, 0.6) is 5.75 Å². The minimum atomic E-state index is -0.439. The van der Waals surface area contributed by atoms with Crippen molar-refractivity contribution in [1.82, 2.24) is 5.32 Å². The molecule has 1 amide bonds. The number of nitrogens with zero attached hydrogens (tertiary/aromatic N) is 1. The van der Waals surface area contributed by atoms with E-state index in [0.29, 0.717) is 23.2 Å². The molecule has 0 aliphatic carbocycles. The van der Waals surface area contributed by atoms with Gasteiger partial charge in [-0.25, -0.2) is 0 Å². The molecule has 4 heteroatoms. The quantitative estimate of drug-likeness (QED) is 0.493. The molecule has 0 unspecified atom stereocenters. The highest BCUT2D eigenvalue weighted by Crippen LogP contribution is 2.24. The first kappa shape index (κ1) is 14.5. The monoisotopic (exact) mass is 256 g/mol. The van der Waals surface area contributed by atoms with Gasteiger partial charge in [-0.1, -0.05) is 6.08 Å². The Morgan fingerprint density at radius 1 is 1.47 bits per heavy atom. The minimum Gasteiger partial charge on any atom is -0.507 e.